The van der Waals surface area contributed by atoms with Crippen LogP contribution < -0.4 is 4.72 Å². The van der Waals surface area contributed by atoms with Crippen LogP contribution in [0.3, 0.4) is 0 Å². The topological polar surface area (TPSA) is 89.5 Å². The van der Waals surface area contributed by atoms with E-state index in [2.05, 4.69) is 11.6 Å². The Labute approximate surface area is 178 Å². The normalized spacial score (nSPS) is 11.7. The zero-order valence-electron chi connectivity index (χ0n) is 17.9. The summed E-state index contributed by atoms with van der Waals surface area (Å²) in [5.74, 6) is -0.964. The number of nitrogens with one attached hydrogen (secondary N) is 1. The highest BCUT2D eigenvalue weighted by Crippen LogP contribution is 2.19. The number of hydrogen-bond acceptors (Lipinski definition) is 5. The molecule has 0 aliphatic carbocycles. The fraction of sp³-hybridized carbons (Fsp3) is 0.391. The molecule has 0 fully saturated rings. The van der Waals surface area contributed by atoms with Crippen molar-refractivity contribution in [2.45, 2.75) is 51.9 Å². The number of ketones is 1. The number of carbonyl (C=O) groups excluding carboxylic acids is 2. The summed E-state index contributed by atoms with van der Waals surface area (Å²) in [7, 11) is -3.88. The summed E-state index contributed by atoms with van der Waals surface area (Å²) < 4.78 is 33.0. The van der Waals surface area contributed by atoms with Crippen LogP contribution in [0.1, 0.15) is 56.5 Å². The summed E-state index contributed by atoms with van der Waals surface area (Å²) in [5.41, 5.74) is 1.03. The van der Waals surface area contributed by atoms with Crippen molar-refractivity contribution in [3.63, 3.8) is 0 Å². The number of hydrogen-bond donors (Lipinski definition) is 1. The maximum Gasteiger partial charge on any atom is 0.338 e. The second-order valence-electron chi connectivity index (χ2n) is 8.18. The van der Waals surface area contributed by atoms with Crippen molar-refractivity contribution in [1.82, 2.24) is 0 Å². The van der Waals surface area contributed by atoms with Gasteiger partial charge in [0.1, 0.15) is 0 Å². The number of carbonyl (C=O) groups is 2. The van der Waals surface area contributed by atoms with E-state index in [0.717, 1.165) is 24.8 Å². The lowest BCUT2D eigenvalue weighted by molar-refractivity contribution is -0.129. The quantitative estimate of drug-likeness (QED) is 0.586. The Morgan fingerprint density at radius 3 is 2.30 bits per heavy atom. The maximum absolute atomic E-state index is 12.7. The van der Waals surface area contributed by atoms with Gasteiger partial charge in [-0.2, -0.15) is 0 Å². The molecule has 1 N–H and O–H groups in total. The van der Waals surface area contributed by atoms with Crippen molar-refractivity contribution in [1.29, 1.82) is 0 Å². The molecule has 2 aromatic rings. The largest absolute Gasteiger partial charge is 0.454 e. The Bertz CT molecular complexity index is 989. The van der Waals surface area contributed by atoms with E-state index in [1.165, 1.54) is 24.3 Å². The Balaban J connectivity index is 2.09. The van der Waals surface area contributed by atoms with Crippen molar-refractivity contribution >= 4 is 27.5 Å². The third-order valence-electron chi connectivity index (χ3n) is 4.58. The summed E-state index contributed by atoms with van der Waals surface area (Å²) >= 11 is 0. The first-order valence-electron chi connectivity index (χ1n) is 9.95. The molecule has 30 heavy (non-hydrogen) atoms. The van der Waals surface area contributed by atoms with Gasteiger partial charge in [-0.25, -0.2) is 13.2 Å². The van der Waals surface area contributed by atoms with Gasteiger partial charge in [-0.3, -0.25) is 9.52 Å². The van der Waals surface area contributed by atoms with Gasteiger partial charge in [-0.05, 0) is 48.7 Å². The zero-order chi connectivity index (χ0) is 22.4. The second kappa shape index (κ2) is 9.89. The minimum atomic E-state index is -3.88. The van der Waals surface area contributed by atoms with E-state index < -0.39 is 21.4 Å². The van der Waals surface area contributed by atoms with Gasteiger partial charge in [0.15, 0.2) is 12.4 Å². The first-order valence-corrected chi connectivity index (χ1v) is 11.4. The fourth-order valence-electron chi connectivity index (χ4n) is 2.56. The molecule has 162 valence electrons. The molecule has 0 aliphatic heterocycles. The number of anilines is 1. The van der Waals surface area contributed by atoms with E-state index in [1.807, 2.05) is 12.1 Å². The molecule has 0 aromatic heterocycles. The summed E-state index contributed by atoms with van der Waals surface area (Å²) in [6.45, 7) is 6.96. The number of ether oxygens (including phenoxy) is 1. The molecule has 0 atom stereocenters. The lowest BCUT2D eigenvalue weighted by Crippen LogP contribution is -2.26. The van der Waals surface area contributed by atoms with Gasteiger partial charge in [0.25, 0.3) is 10.0 Å². The molecular formula is C23H29NO5S. The Hall–Kier alpha value is -2.67. The molecule has 0 heterocycles. The highest BCUT2D eigenvalue weighted by molar-refractivity contribution is 7.92. The molecule has 2 rings (SSSR count). The smallest absolute Gasteiger partial charge is 0.338 e. The number of unbranched alkanes of at least 4 members (excludes halogenated alkanes) is 1. The number of Topliss-reactive ketones (excluding diaryl/α,β-unsaturated/α-hetero) is 1. The van der Waals surface area contributed by atoms with Crippen LogP contribution in [0.5, 0.6) is 0 Å². The fourth-order valence-corrected chi connectivity index (χ4v) is 3.66. The van der Waals surface area contributed by atoms with Crippen LogP contribution in [0.25, 0.3) is 0 Å². The monoisotopic (exact) mass is 431 g/mol. The minimum Gasteiger partial charge on any atom is -0.454 e. The molecule has 0 spiro atoms. The van der Waals surface area contributed by atoms with E-state index in [0.29, 0.717) is 5.69 Å². The molecule has 0 amide bonds. The summed E-state index contributed by atoms with van der Waals surface area (Å²) in [6.07, 6.45) is 3.12. The molecule has 0 saturated carbocycles. The number of benzene rings is 2. The van der Waals surface area contributed by atoms with Crippen LogP contribution in [0.15, 0.2) is 53.4 Å². The van der Waals surface area contributed by atoms with Gasteiger partial charge < -0.3 is 4.74 Å². The molecule has 0 saturated heterocycles. The summed E-state index contributed by atoms with van der Waals surface area (Å²) in [4.78, 5) is 24.1. The summed E-state index contributed by atoms with van der Waals surface area (Å²) in [5, 5.41) is 0. The van der Waals surface area contributed by atoms with Gasteiger partial charge in [0.05, 0.1) is 10.5 Å². The van der Waals surface area contributed by atoms with Gasteiger partial charge >= 0.3 is 5.97 Å². The second-order valence-corrected chi connectivity index (χ2v) is 9.87. The molecule has 2 aromatic carbocycles. The van der Waals surface area contributed by atoms with Crippen molar-refractivity contribution < 1.29 is 22.7 Å². The number of aryl methyl sites for hydroxylation is 1. The van der Waals surface area contributed by atoms with Crippen LogP contribution in [0.4, 0.5) is 5.69 Å². The minimum absolute atomic E-state index is 0.0610. The lowest BCUT2D eigenvalue weighted by atomic mass is 9.91. The average molecular weight is 432 g/mol. The molecular weight excluding hydrogens is 402 g/mol. The van der Waals surface area contributed by atoms with Crippen molar-refractivity contribution in [2.24, 2.45) is 5.41 Å². The van der Waals surface area contributed by atoms with E-state index >= 15 is 0 Å². The Morgan fingerprint density at radius 2 is 1.70 bits per heavy atom. The van der Waals surface area contributed by atoms with Crippen LogP contribution in [0.2, 0.25) is 0 Å². The number of rotatable bonds is 9. The van der Waals surface area contributed by atoms with Crippen LogP contribution in [-0.2, 0) is 26.0 Å². The first-order chi connectivity index (χ1) is 14.0. The van der Waals surface area contributed by atoms with Crippen molar-refractivity contribution in [3.8, 4) is 0 Å². The molecule has 0 bridgehead atoms. The average Bonchev–Trinajstić information content (AvgIpc) is 2.70. The van der Waals surface area contributed by atoms with Crippen molar-refractivity contribution in [3.05, 3.63) is 59.7 Å². The third-order valence-corrected chi connectivity index (χ3v) is 5.96. The summed E-state index contributed by atoms with van der Waals surface area (Å²) in [6, 6.07) is 12.8. The highest BCUT2D eigenvalue weighted by atomic mass is 32.2. The molecule has 6 nitrogen and oxygen atoms in total. The third kappa shape index (κ3) is 6.69. The van der Waals surface area contributed by atoms with Gasteiger partial charge in [-0.15, -0.1) is 0 Å². The first kappa shape index (κ1) is 23.6. The van der Waals surface area contributed by atoms with E-state index in [4.69, 9.17) is 4.74 Å². The molecule has 7 heteroatoms. The van der Waals surface area contributed by atoms with Crippen LogP contribution in [0, 0.1) is 5.41 Å². The van der Waals surface area contributed by atoms with Gasteiger partial charge in [0, 0.05) is 11.1 Å². The highest BCUT2D eigenvalue weighted by Gasteiger charge is 2.23. The standard InChI is InChI=1S/C23H29NO5S/c1-5-6-8-17-11-13-19(14-12-17)24-30(27,28)20-10-7-9-18(15-20)22(26)29-16-21(25)23(2,3)4/h7,9-15,24H,5-6,8,16H2,1-4H3. The Morgan fingerprint density at radius 1 is 1.03 bits per heavy atom. The zero-order valence-corrected chi connectivity index (χ0v) is 18.7. The van der Waals surface area contributed by atoms with E-state index in [-0.39, 0.29) is 22.8 Å². The van der Waals surface area contributed by atoms with Crippen molar-refractivity contribution in [2.75, 3.05) is 11.3 Å². The van der Waals surface area contributed by atoms with E-state index in [1.54, 1.807) is 32.9 Å². The maximum atomic E-state index is 12.7. The lowest BCUT2D eigenvalue weighted by Gasteiger charge is -2.16. The Kier molecular flexibility index (Phi) is 7.78. The number of sulfonamides is 1. The molecule has 0 unspecified atom stereocenters. The van der Waals surface area contributed by atoms with Crippen LogP contribution >= 0.6 is 0 Å². The predicted molar refractivity (Wildman–Crippen MR) is 117 cm³/mol. The SMILES string of the molecule is CCCCc1ccc(NS(=O)(=O)c2cccc(C(=O)OCC(=O)C(C)(C)C)c2)cc1. The van der Waals surface area contributed by atoms with Gasteiger partial charge in [-0.1, -0.05) is 52.3 Å². The predicted octanol–water partition coefficient (Wildman–Crippen LogP) is 4.60. The van der Waals surface area contributed by atoms with Crippen LogP contribution in [-0.4, -0.2) is 26.8 Å². The van der Waals surface area contributed by atoms with Gasteiger partial charge in [0.2, 0.25) is 0 Å². The number of esters is 1. The molecule has 0 radical (unpaired) electrons. The van der Waals surface area contributed by atoms with E-state index in [9.17, 15) is 18.0 Å². The molecule has 0 aliphatic rings.